The minimum absolute atomic E-state index is 0.110. The molecule has 0 saturated heterocycles. The fraction of sp³-hybridized carbons (Fsp3) is 0.200. The van der Waals surface area contributed by atoms with Crippen molar-refractivity contribution in [1.29, 1.82) is 5.26 Å². The number of esters is 1. The summed E-state index contributed by atoms with van der Waals surface area (Å²) in [6, 6.07) is 16.8. The number of nitriles is 1. The van der Waals surface area contributed by atoms with E-state index in [1.807, 2.05) is 30.3 Å². The Labute approximate surface area is 136 Å². The van der Waals surface area contributed by atoms with Gasteiger partial charge in [-0.15, -0.1) is 0 Å². The zero-order valence-electron chi connectivity index (χ0n) is 13.0. The van der Waals surface area contributed by atoms with Gasteiger partial charge in [-0.25, -0.2) is 4.79 Å². The van der Waals surface area contributed by atoms with E-state index in [4.69, 9.17) is 10.00 Å². The summed E-state index contributed by atoms with van der Waals surface area (Å²) in [6.45, 7) is 2.24. The molecule has 0 atom stereocenters. The summed E-state index contributed by atoms with van der Waals surface area (Å²) in [5.74, 6) is 4.69. The highest BCUT2D eigenvalue weighted by atomic mass is 16.5. The number of hydrogen-bond donors (Lipinski definition) is 0. The summed E-state index contributed by atoms with van der Waals surface area (Å²) >= 11 is 0. The van der Waals surface area contributed by atoms with E-state index in [9.17, 15) is 4.79 Å². The highest BCUT2D eigenvalue weighted by Crippen LogP contribution is 2.07. The highest BCUT2D eigenvalue weighted by molar-refractivity contribution is 5.89. The number of ether oxygens (including phenoxy) is 1. The maximum Gasteiger partial charge on any atom is 0.385 e. The molecule has 0 amide bonds. The van der Waals surface area contributed by atoms with Gasteiger partial charge in [0.25, 0.3) is 0 Å². The summed E-state index contributed by atoms with van der Waals surface area (Å²) in [6.07, 6.45) is 2.14. The van der Waals surface area contributed by atoms with Crippen LogP contribution in [0.15, 0.2) is 48.5 Å². The summed E-state index contributed by atoms with van der Waals surface area (Å²) in [4.78, 5) is 11.7. The van der Waals surface area contributed by atoms with Gasteiger partial charge in [-0.05, 0) is 41.8 Å². The van der Waals surface area contributed by atoms with Crippen LogP contribution in [-0.2, 0) is 22.6 Å². The fourth-order valence-corrected chi connectivity index (χ4v) is 2.08. The van der Waals surface area contributed by atoms with Gasteiger partial charge in [-0.2, -0.15) is 5.26 Å². The van der Waals surface area contributed by atoms with Gasteiger partial charge in [0, 0.05) is 11.5 Å². The van der Waals surface area contributed by atoms with Crippen LogP contribution in [0.25, 0.3) is 0 Å². The molecule has 0 aliphatic carbocycles. The van der Waals surface area contributed by atoms with Crippen molar-refractivity contribution in [3.63, 3.8) is 0 Å². The fourth-order valence-electron chi connectivity index (χ4n) is 2.08. The van der Waals surface area contributed by atoms with Gasteiger partial charge < -0.3 is 4.74 Å². The van der Waals surface area contributed by atoms with E-state index < -0.39 is 5.97 Å². The quantitative estimate of drug-likeness (QED) is 0.640. The molecule has 0 heterocycles. The van der Waals surface area contributed by atoms with Gasteiger partial charge in [0.05, 0.1) is 11.6 Å². The van der Waals surface area contributed by atoms with Crippen LogP contribution in [0, 0.1) is 23.2 Å². The third-order valence-electron chi connectivity index (χ3n) is 3.23. The molecule has 0 saturated carbocycles. The molecule has 3 nitrogen and oxygen atoms in total. The first kappa shape index (κ1) is 16.3. The van der Waals surface area contributed by atoms with E-state index in [1.54, 1.807) is 24.3 Å². The molecule has 2 aromatic carbocycles. The minimum Gasteiger partial charge on any atom is -0.451 e. The van der Waals surface area contributed by atoms with E-state index in [1.165, 1.54) is 5.56 Å². The molecule has 0 N–H and O–H groups in total. The van der Waals surface area contributed by atoms with E-state index in [0.29, 0.717) is 5.56 Å². The molecule has 23 heavy (non-hydrogen) atoms. The van der Waals surface area contributed by atoms with Gasteiger partial charge in [0.15, 0.2) is 0 Å². The van der Waals surface area contributed by atoms with Crippen LogP contribution in [0.5, 0.6) is 0 Å². The number of carbonyl (C=O) groups excluding carboxylic acids is 1. The lowest BCUT2D eigenvalue weighted by Gasteiger charge is -2.01. The van der Waals surface area contributed by atoms with Crippen LogP contribution in [0.1, 0.15) is 35.6 Å². The second-order valence-corrected chi connectivity index (χ2v) is 5.09. The first-order valence-electron chi connectivity index (χ1n) is 7.48. The van der Waals surface area contributed by atoms with Crippen molar-refractivity contribution < 1.29 is 9.53 Å². The number of carbonyl (C=O) groups is 1. The monoisotopic (exact) mass is 303 g/mol. The average molecular weight is 303 g/mol. The number of aryl methyl sites for hydroxylation is 1. The van der Waals surface area contributed by atoms with Crippen LogP contribution < -0.4 is 0 Å². The van der Waals surface area contributed by atoms with E-state index >= 15 is 0 Å². The topological polar surface area (TPSA) is 50.1 Å². The van der Waals surface area contributed by atoms with Crippen LogP contribution in [0.3, 0.4) is 0 Å². The predicted molar refractivity (Wildman–Crippen MR) is 88.3 cm³/mol. The molecule has 2 aromatic rings. The lowest BCUT2D eigenvalue weighted by Crippen LogP contribution is -2.01. The van der Waals surface area contributed by atoms with Gasteiger partial charge in [0.2, 0.25) is 0 Å². The second-order valence-electron chi connectivity index (χ2n) is 5.09. The van der Waals surface area contributed by atoms with Crippen molar-refractivity contribution in [3.8, 4) is 17.9 Å². The molecule has 0 aromatic heterocycles. The Kier molecular flexibility index (Phi) is 5.98. The largest absolute Gasteiger partial charge is 0.451 e. The Morgan fingerprint density at radius 1 is 1.09 bits per heavy atom. The van der Waals surface area contributed by atoms with E-state index in [2.05, 4.69) is 18.8 Å². The Bertz CT molecular complexity index is 774. The van der Waals surface area contributed by atoms with Crippen molar-refractivity contribution in [1.82, 2.24) is 0 Å². The molecule has 0 radical (unpaired) electrons. The third kappa shape index (κ3) is 5.34. The molecule has 0 bridgehead atoms. The molecular weight excluding hydrogens is 286 g/mol. The summed E-state index contributed by atoms with van der Waals surface area (Å²) in [7, 11) is 0. The number of rotatable bonds is 4. The Morgan fingerprint density at radius 2 is 1.87 bits per heavy atom. The average Bonchev–Trinajstić information content (AvgIpc) is 2.60. The molecule has 0 aliphatic rings. The molecule has 0 aliphatic heterocycles. The van der Waals surface area contributed by atoms with Gasteiger partial charge in [-0.1, -0.05) is 43.5 Å². The molecule has 2 rings (SSSR count). The maximum atomic E-state index is 11.7. The molecule has 3 heteroatoms. The first-order chi connectivity index (χ1) is 11.2. The zero-order chi connectivity index (χ0) is 16.5. The molecular formula is C20H17NO2. The normalized spacial score (nSPS) is 9.39. The van der Waals surface area contributed by atoms with E-state index in [0.717, 1.165) is 24.0 Å². The SMILES string of the molecule is CCCc1ccc(C#CC(=O)OCc2cccc(C#N)c2)cc1. The molecule has 0 unspecified atom stereocenters. The van der Waals surface area contributed by atoms with E-state index in [-0.39, 0.29) is 6.61 Å². The standard InChI is InChI=1S/C20H17NO2/c1-2-4-16-7-9-17(10-8-16)11-12-20(22)23-15-19-6-3-5-18(13-19)14-21/h3,5-10,13H,2,4,15H2,1H3. The zero-order valence-corrected chi connectivity index (χ0v) is 13.0. The number of benzene rings is 2. The Balaban J connectivity index is 1.91. The van der Waals surface area contributed by atoms with Crippen molar-refractivity contribution in [3.05, 3.63) is 70.8 Å². The lowest BCUT2D eigenvalue weighted by molar-refractivity contribution is -0.137. The lowest BCUT2D eigenvalue weighted by atomic mass is 10.1. The van der Waals surface area contributed by atoms with Crippen LogP contribution in [-0.4, -0.2) is 5.97 Å². The van der Waals surface area contributed by atoms with Gasteiger partial charge in [0.1, 0.15) is 6.61 Å². The third-order valence-corrected chi connectivity index (χ3v) is 3.23. The minimum atomic E-state index is -0.579. The summed E-state index contributed by atoms with van der Waals surface area (Å²) in [5.41, 5.74) is 3.35. The maximum absolute atomic E-state index is 11.7. The molecule has 114 valence electrons. The van der Waals surface area contributed by atoms with Crippen molar-refractivity contribution in [2.24, 2.45) is 0 Å². The summed E-state index contributed by atoms with van der Waals surface area (Å²) in [5, 5.41) is 8.82. The van der Waals surface area contributed by atoms with Crippen LogP contribution in [0.2, 0.25) is 0 Å². The highest BCUT2D eigenvalue weighted by Gasteiger charge is 2.00. The van der Waals surface area contributed by atoms with Crippen LogP contribution >= 0.6 is 0 Å². The van der Waals surface area contributed by atoms with Gasteiger partial charge in [-0.3, -0.25) is 0 Å². The second kappa shape index (κ2) is 8.41. The Hall–Kier alpha value is -3.04. The van der Waals surface area contributed by atoms with Crippen LogP contribution in [0.4, 0.5) is 0 Å². The smallest absolute Gasteiger partial charge is 0.385 e. The number of hydrogen-bond acceptors (Lipinski definition) is 3. The van der Waals surface area contributed by atoms with Crippen molar-refractivity contribution in [2.75, 3.05) is 0 Å². The Morgan fingerprint density at radius 3 is 2.57 bits per heavy atom. The number of nitrogens with zero attached hydrogens (tertiary/aromatic N) is 1. The molecule has 0 spiro atoms. The summed E-state index contributed by atoms with van der Waals surface area (Å²) < 4.78 is 5.09. The van der Waals surface area contributed by atoms with Gasteiger partial charge >= 0.3 is 5.97 Å². The van der Waals surface area contributed by atoms with Crippen molar-refractivity contribution >= 4 is 5.97 Å². The first-order valence-corrected chi connectivity index (χ1v) is 7.48. The molecule has 0 fully saturated rings. The predicted octanol–water partition coefficient (Wildman–Crippen LogP) is 3.61. The van der Waals surface area contributed by atoms with Crippen molar-refractivity contribution in [2.45, 2.75) is 26.4 Å².